The third kappa shape index (κ3) is 2.21. The minimum atomic E-state index is -0.0609. The van der Waals surface area contributed by atoms with Crippen LogP contribution in [0.2, 0.25) is 0 Å². The average Bonchev–Trinajstić information content (AvgIpc) is 2.96. The van der Waals surface area contributed by atoms with Gasteiger partial charge in [-0.1, -0.05) is 0 Å². The Kier molecular flexibility index (Phi) is 3.51. The van der Waals surface area contributed by atoms with Crippen LogP contribution in [0.5, 0.6) is 0 Å². The van der Waals surface area contributed by atoms with E-state index in [2.05, 4.69) is 15.4 Å². The second kappa shape index (κ2) is 5.07. The highest BCUT2D eigenvalue weighted by molar-refractivity contribution is 5.92. The number of hydrogen-bond acceptors (Lipinski definition) is 4. The molecular weight excluding hydrogens is 208 g/mol. The molecule has 2 N–H and O–H groups in total. The molecule has 0 saturated carbocycles. The van der Waals surface area contributed by atoms with E-state index < -0.39 is 0 Å². The molecule has 0 aliphatic carbocycles. The Hall–Kier alpha value is -1.43. The topological polar surface area (TPSA) is 82.1 Å². The van der Waals surface area contributed by atoms with Gasteiger partial charge in [-0.25, -0.2) is 0 Å². The molecule has 1 aromatic heterocycles. The molecule has 1 aliphatic heterocycles. The monoisotopic (exact) mass is 224 g/mol. The first-order valence-electron chi connectivity index (χ1n) is 5.60. The van der Waals surface area contributed by atoms with E-state index in [9.17, 15) is 4.79 Å². The third-order valence-corrected chi connectivity index (χ3v) is 2.97. The first-order chi connectivity index (χ1) is 7.83. The summed E-state index contributed by atoms with van der Waals surface area (Å²) in [4.78, 5) is 13.9. The molecule has 6 heteroatoms. The quantitative estimate of drug-likeness (QED) is 0.764. The Morgan fingerprint density at radius 1 is 1.69 bits per heavy atom. The van der Waals surface area contributed by atoms with Crippen LogP contribution in [-0.4, -0.2) is 50.5 Å². The van der Waals surface area contributed by atoms with Crippen LogP contribution >= 0.6 is 0 Å². The van der Waals surface area contributed by atoms with Gasteiger partial charge in [0.25, 0.3) is 5.91 Å². The molecule has 1 saturated heterocycles. The summed E-state index contributed by atoms with van der Waals surface area (Å²) in [6.45, 7) is 0.963. The number of amides is 1. The van der Waals surface area contributed by atoms with Gasteiger partial charge in [-0.15, -0.1) is 0 Å². The van der Waals surface area contributed by atoms with Crippen molar-refractivity contribution in [1.82, 2.24) is 20.3 Å². The smallest absolute Gasteiger partial charge is 0.276 e. The standard InChI is InChI=1S/C10H16N4O2/c15-6-2-4-8-3-1-5-14(8)10(16)9-7-11-13-12-9/h7-8,15H,1-6H2,(H,11,12,13). The van der Waals surface area contributed by atoms with Crippen LogP contribution in [0.3, 0.4) is 0 Å². The summed E-state index contributed by atoms with van der Waals surface area (Å²) in [6.07, 6.45) is 5.10. The molecule has 1 aromatic rings. The lowest BCUT2D eigenvalue weighted by atomic mass is 10.1. The van der Waals surface area contributed by atoms with E-state index in [0.717, 1.165) is 32.2 Å². The summed E-state index contributed by atoms with van der Waals surface area (Å²) in [5.41, 5.74) is 0.371. The van der Waals surface area contributed by atoms with Gasteiger partial charge in [0.15, 0.2) is 5.69 Å². The summed E-state index contributed by atoms with van der Waals surface area (Å²) >= 11 is 0. The Bertz CT molecular complexity index is 339. The second-order valence-electron chi connectivity index (χ2n) is 4.02. The van der Waals surface area contributed by atoms with Gasteiger partial charge in [0, 0.05) is 19.2 Å². The molecule has 1 atom stereocenters. The number of likely N-dealkylation sites (tertiary alicyclic amines) is 1. The van der Waals surface area contributed by atoms with Gasteiger partial charge in [0.1, 0.15) is 0 Å². The maximum absolute atomic E-state index is 12.0. The predicted octanol–water partition coefficient (Wildman–Crippen LogP) is 0.182. The van der Waals surface area contributed by atoms with Gasteiger partial charge >= 0.3 is 0 Å². The highest BCUT2D eigenvalue weighted by atomic mass is 16.3. The molecule has 0 aromatic carbocycles. The first-order valence-corrected chi connectivity index (χ1v) is 5.60. The van der Waals surface area contributed by atoms with E-state index in [-0.39, 0.29) is 18.6 Å². The Balaban J connectivity index is 1.99. The van der Waals surface area contributed by atoms with Gasteiger partial charge in [-0.2, -0.15) is 15.4 Å². The molecule has 1 aliphatic rings. The summed E-state index contributed by atoms with van der Waals surface area (Å²) in [6, 6.07) is 0.247. The van der Waals surface area contributed by atoms with Crippen molar-refractivity contribution < 1.29 is 9.90 Å². The highest BCUT2D eigenvalue weighted by Crippen LogP contribution is 2.22. The molecule has 16 heavy (non-hydrogen) atoms. The lowest BCUT2D eigenvalue weighted by Gasteiger charge is -2.23. The fourth-order valence-corrected chi connectivity index (χ4v) is 2.18. The van der Waals surface area contributed by atoms with Crippen molar-refractivity contribution in [2.24, 2.45) is 0 Å². The van der Waals surface area contributed by atoms with E-state index in [1.807, 2.05) is 4.90 Å². The average molecular weight is 224 g/mol. The van der Waals surface area contributed by atoms with Gasteiger partial charge in [-0.3, -0.25) is 4.79 Å². The van der Waals surface area contributed by atoms with Crippen LogP contribution < -0.4 is 0 Å². The molecule has 0 radical (unpaired) electrons. The van der Waals surface area contributed by atoms with Crippen molar-refractivity contribution in [3.8, 4) is 0 Å². The number of carbonyl (C=O) groups excluding carboxylic acids is 1. The maximum Gasteiger partial charge on any atom is 0.276 e. The lowest BCUT2D eigenvalue weighted by Crippen LogP contribution is -2.35. The fourth-order valence-electron chi connectivity index (χ4n) is 2.18. The van der Waals surface area contributed by atoms with E-state index >= 15 is 0 Å². The fraction of sp³-hybridized carbons (Fsp3) is 0.700. The van der Waals surface area contributed by atoms with Crippen molar-refractivity contribution in [3.05, 3.63) is 11.9 Å². The minimum Gasteiger partial charge on any atom is -0.396 e. The minimum absolute atomic E-state index is 0.0609. The molecule has 88 valence electrons. The molecule has 2 rings (SSSR count). The van der Waals surface area contributed by atoms with Crippen LogP contribution in [0.1, 0.15) is 36.2 Å². The summed E-state index contributed by atoms with van der Waals surface area (Å²) < 4.78 is 0. The van der Waals surface area contributed by atoms with Crippen molar-refractivity contribution >= 4 is 5.91 Å². The van der Waals surface area contributed by atoms with Gasteiger partial charge in [0.2, 0.25) is 0 Å². The van der Waals surface area contributed by atoms with Crippen LogP contribution in [0, 0.1) is 0 Å². The lowest BCUT2D eigenvalue weighted by molar-refractivity contribution is 0.0718. The number of carbonyl (C=O) groups is 1. The number of aliphatic hydroxyl groups excluding tert-OH is 1. The molecule has 1 amide bonds. The molecule has 1 fully saturated rings. The number of aromatic amines is 1. The number of hydrogen-bond donors (Lipinski definition) is 2. The number of rotatable bonds is 4. The largest absolute Gasteiger partial charge is 0.396 e. The molecule has 1 unspecified atom stereocenters. The first kappa shape index (κ1) is 11.1. The van der Waals surface area contributed by atoms with Gasteiger partial charge < -0.3 is 10.0 Å². The predicted molar refractivity (Wildman–Crippen MR) is 56.8 cm³/mol. The second-order valence-corrected chi connectivity index (χ2v) is 4.02. The zero-order valence-corrected chi connectivity index (χ0v) is 9.09. The number of H-pyrrole nitrogens is 1. The summed E-state index contributed by atoms with van der Waals surface area (Å²) in [5.74, 6) is -0.0609. The van der Waals surface area contributed by atoms with E-state index in [1.54, 1.807) is 0 Å². The Labute approximate surface area is 93.6 Å². The van der Waals surface area contributed by atoms with Crippen molar-refractivity contribution in [2.45, 2.75) is 31.7 Å². The van der Waals surface area contributed by atoms with Crippen molar-refractivity contribution in [2.75, 3.05) is 13.2 Å². The molecular formula is C10H16N4O2. The van der Waals surface area contributed by atoms with Crippen LogP contribution in [0.4, 0.5) is 0 Å². The normalized spacial score (nSPS) is 20.3. The van der Waals surface area contributed by atoms with Crippen LogP contribution in [-0.2, 0) is 0 Å². The van der Waals surface area contributed by atoms with Crippen molar-refractivity contribution in [1.29, 1.82) is 0 Å². The van der Waals surface area contributed by atoms with E-state index in [1.165, 1.54) is 6.20 Å². The van der Waals surface area contributed by atoms with Crippen LogP contribution in [0.25, 0.3) is 0 Å². The number of nitrogens with zero attached hydrogens (tertiary/aromatic N) is 3. The maximum atomic E-state index is 12.0. The van der Waals surface area contributed by atoms with E-state index in [4.69, 9.17) is 5.11 Å². The van der Waals surface area contributed by atoms with Gasteiger partial charge in [0.05, 0.1) is 6.20 Å². The summed E-state index contributed by atoms with van der Waals surface area (Å²) in [5, 5.41) is 18.7. The molecule has 0 bridgehead atoms. The SMILES string of the molecule is O=C(c1cn[nH]n1)N1CCCC1CCCO. The van der Waals surface area contributed by atoms with Crippen LogP contribution in [0.15, 0.2) is 6.20 Å². The Morgan fingerprint density at radius 3 is 3.25 bits per heavy atom. The summed E-state index contributed by atoms with van der Waals surface area (Å²) in [7, 11) is 0. The van der Waals surface area contributed by atoms with Crippen molar-refractivity contribution in [3.63, 3.8) is 0 Å². The molecule has 0 spiro atoms. The molecule has 2 heterocycles. The zero-order valence-electron chi connectivity index (χ0n) is 9.09. The van der Waals surface area contributed by atoms with E-state index in [0.29, 0.717) is 5.69 Å². The third-order valence-electron chi connectivity index (χ3n) is 2.97. The number of aromatic nitrogens is 3. The number of nitrogens with one attached hydrogen (secondary N) is 1. The number of aliphatic hydroxyl groups is 1. The van der Waals surface area contributed by atoms with Gasteiger partial charge in [-0.05, 0) is 25.7 Å². The molecule has 6 nitrogen and oxygen atoms in total. The highest BCUT2D eigenvalue weighted by Gasteiger charge is 2.29. The Morgan fingerprint density at radius 2 is 2.56 bits per heavy atom. The zero-order chi connectivity index (χ0) is 11.4.